The van der Waals surface area contributed by atoms with E-state index in [1.54, 1.807) is 13.1 Å². The van der Waals surface area contributed by atoms with Crippen LogP contribution in [0.1, 0.15) is 43.0 Å². The molecule has 27 heavy (non-hydrogen) atoms. The molecule has 0 radical (unpaired) electrons. The molecule has 1 amide bonds. The lowest BCUT2D eigenvalue weighted by Crippen LogP contribution is -2.34. The Kier molecular flexibility index (Phi) is 4.21. The fourth-order valence-corrected chi connectivity index (χ4v) is 3.05. The highest BCUT2D eigenvalue weighted by molar-refractivity contribution is 5.76. The minimum Gasteiger partial charge on any atom is -0.348 e. The van der Waals surface area contributed by atoms with Gasteiger partial charge in [-0.1, -0.05) is 6.07 Å². The summed E-state index contributed by atoms with van der Waals surface area (Å²) in [5.41, 5.74) is 1.22. The van der Waals surface area contributed by atoms with E-state index in [0.29, 0.717) is 17.1 Å². The molecule has 0 bridgehead atoms. The third-order valence-electron chi connectivity index (χ3n) is 4.63. The number of carbonyl (C=O) groups is 1. The first kappa shape index (κ1) is 17.3. The molecule has 7 nitrogen and oxygen atoms in total. The number of carbonyl (C=O) groups excluding carboxylic acids is 1. The quantitative estimate of drug-likeness (QED) is 0.741. The van der Waals surface area contributed by atoms with E-state index in [-0.39, 0.29) is 6.54 Å². The van der Waals surface area contributed by atoms with E-state index < -0.39 is 29.3 Å². The second-order valence-corrected chi connectivity index (χ2v) is 6.70. The zero-order chi connectivity index (χ0) is 19.1. The van der Waals surface area contributed by atoms with Gasteiger partial charge in [-0.2, -0.15) is 0 Å². The van der Waals surface area contributed by atoms with Gasteiger partial charge in [-0.05, 0) is 37.5 Å². The number of nitrogens with zero attached hydrogens (tertiary/aromatic N) is 4. The predicted octanol–water partition coefficient (Wildman–Crippen LogP) is 1.92. The minimum atomic E-state index is -0.981. The lowest BCUT2D eigenvalue weighted by atomic mass is 10.1. The second-order valence-electron chi connectivity index (χ2n) is 6.70. The van der Waals surface area contributed by atoms with E-state index in [2.05, 4.69) is 15.4 Å². The Morgan fingerprint density at radius 3 is 2.78 bits per heavy atom. The lowest BCUT2D eigenvalue weighted by Gasteiger charge is -2.14. The van der Waals surface area contributed by atoms with Crippen LogP contribution in [-0.2, 0) is 11.3 Å². The number of fused-ring (bicyclic) bond motifs is 1. The number of amides is 1. The molecule has 1 aliphatic rings. The van der Waals surface area contributed by atoms with Crippen LogP contribution < -0.4 is 11.0 Å². The van der Waals surface area contributed by atoms with E-state index in [9.17, 15) is 18.4 Å². The van der Waals surface area contributed by atoms with Gasteiger partial charge in [-0.15, -0.1) is 5.10 Å². The molecule has 1 fully saturated rings. The predicted molar refractivity (Wildman–Crippen MR) is 92.1 cm³/mol. The number of benzene rings is 1. The Balaban J connectivity index is 1.52. The van der Waals surface area contributed by atoms with Gasteiger partial charge in [0.2, 0.25) is 5.91 Å². The summed E-state index contributed by atoms with van der Waals surface area (Å²) >= 11 is 0. The van der Waals surface area contributed by atoms with Crippen molar-refractivity contribution in [2.75, 3.05) is 0 Å². The van der Waals surface area contributed by atoms with E-state index in [1.807, 2.05) is 0 Å². The summed E-state index contributed by atoms with van der Waals surface area (Å²) in [7, 11) is 0. The monoisotopic (exact) mass is 373 g/mol. The Labute approximate surface area is 152 Å². The highest BCUT2D eigenvalue weighted by Crippen LogP contribution is 2.39. The largest absolute Gasteiger partial charge is 0.351 e. The zero-order valence-electron chi connectivity index (χ0n) is 14.5. The number of hydrogen-bond donors (Lipinski definition) is 1. The molecule has 1 aromatic carbocycles. The molecule has 0 saturated heterocycles. The summed E-state index contributed by atoms with van der Waals surface area (Å²) in [6, 6.07) is 2.88. The normalized spacial score (nSPS) is 15.1. The van der Waals surface area contributed by atoms with Crippen molar-refractivity contribution in [3.8, 4) is 0 Å². The van der Waals surface area contributed by atoms with Crippen LogP contribution in [0.5, 0.6) is 0 Å². The molecule has 0 aliphatic heterocycles. The molecule has 1 atom stereocenters. The molecule has 3 aromatic rings. The molecule has 1 saturated carbocycles. The summed E-state index contributed by atoms with van der Waals surface area (Å²) in [5.74, 6) is -2.09. The maximum absolute atomic E-state index is 13.4. The summed E-state index contributed by atoms with van der Waals surface area (Å²) in [4.78, 5) is 29.0. The fraction of sp³-hybridized carbons (Fsp3) is 0.333. The third-order valence-corrected chi connectivity index (χ3v) is 4.63. The number of halogens is 2. The maximum Gasteiger partial charge on any atom is 0.351 e. The van der Waals surface area contributed by atoms with Crippen molar-refractivity contribution < 1.29 is 13.6 Å². The molecular formula is C18H17F2N5O2. The highest BCUT2D eigenvalue weighted by Gasteiger charge is 2.28. The van der Waals surface area contributed by atoms with Gasteiger partial charge in [0.25, 0.3) is 0 Å². The van der Waals surface area contributed by atoms with Gasteiger partial charge in [-0.25, -0.2) is 22.7 Å². The van der Waals surface area contributed by atoms with E-state index in [1.165, 1.54) is 16.7 Å². The van der Waals surface area contributed by atoms with Gasteiger partial charge >= 0.3 is 5.69 Å². The van der Waals surface area contributed by atoms with Crippen LogP contribution in [0.3, 0.4) is 0 Å². The summed E-state index contributed by atoms with van der Waals surface area (Å²) in [6.07, 6.45) is 5.14. The highest BCUT2D eigenvalue weighted by atomic mass is 19.2. The summed E-state index contributed by atoms with van der Waals surface area (Å²) in [5, 5.41) is 6.82. The Bertz CT molecular complexity index is 1090. The number of rotatable bonds is 5. The van der Waals surface area contributed by atoms with Gasteiger partial charge in [0.05, 0.1) is 17.9 Å². The van der Waals surface area contributed by atoms with E-state index >= 15 is 0 Å². The first-order valence-electron chi connectivity index (χ1n) is 8.62. The van der Waals surface area contributed by atoms with Gasteiger partial charge in [0, 0.05) is 12.1 Å². The van der Waals surface area contributed by atoms with Crippen LogP contribution in [0.4, 0.5) is 8.78 Å². The number of aromatic nitrogens is 4. The zero-order valence-corrected chi connectivity index (χ0v) is 14.5. The van der Waals surface area contributed by atoms with E-state index in [4.69, 9.17) is 0 Å². The Morgan fingerprint density at radius 2 is 2.07 bits per heavy atom. The van der Waals surface area contributed by atoms with Crippen LogP contribution in [0.2, 0.25) is 0 Å². The average molecular weight is 373 g/mol. The van der Waals surface area contributed by atoms with Gasteiger partial charge in [0.15, 0.2) is 17.3 Å². The standard InChI is InChI=1S/C18H17F2N5O2/c1-10(12-4-5-13(19)14(20)6-12)22-17(26)9-24-18(27)25-15(11-2-3-11)7-21-8-16(25)23-24/h4-8,10-11H,2-3,9H2,1H3,(H,22,26)/t10-/m0/s1. The molecule has 2 aromatic heterocycles. The minimum absolute atomic E-state index is 0.279. The van der Waals surface area contributed by atoms with Crippen molar-refractivity contribution in [1.82, 2.24) is 24.5 Å². The Morgan fingerprint density at radius 1 is 1.30 bits per heavy atom. The lowest BCUT2D eigenvalue weighted by molar-refractivity contribution is -0.122. The van der Waals surface area contributed by atoms with Crippen LogP contribution in [0, 0.1) is 11.6 Å². The van der Waals surface area contributed by atoms with Gasteiger partial charge in [-0.3, -0.25) is 9.78 Å². The smallest absolute Gasteiger partial charge is 0.348 e. The molecule has 0 spiro atoms. The molecule has 1 aliphatic carbocycles. The summed E-state index contributed by atoms with van der Waals surface area (Å²) in [6.45, 7) is 1.37. The van der Waals surface area contributed by atoms with Crippen molar-refractivity contribution in [3.63, 3.8) is 0 Å². The topological polar surface area (TPSA) is 81.3 Å². The number of hydrogen-bond acceptors (Lipinski definition) is 4. The van der Waals surface area contributed by atoms with Crippen LogP contribution >= 0.6 is 0 Å². The molecule has 0 unspecified atom stereocenters. The van der Waals surface area contributed by atoms with Crippen molar-refractivity contribution in [2.24, 2.45) is 0 Å². The SMILES string of the molecule is C[C@H](NC(=O)Cn1nc2cncc(C3CC3)n2c1=O)c1ccc(F)c(F)c1. The molecule has 2 heterocycles. The maximum atomic E-state index is 13.4. The molecule has 9 heteroatoms. The van der Waals surface area contributed by atoms with Crippen LogP contribution in [0.25, 0.3) is 5.65 Å². The third kappa shape index (κ3) is 3.32. The fourth-order valence-electron chi connectivity index (χ4n) is 3.05. The Hall–Kier alpha value is -3.10. The molecule has 140 valence electrons. The molecule has 1 N–H and O–H groups in total. The van der Waals surface area contributed by atoms with Crippen molar-refractivity contribution in [1.29, 1.82) is 0 Å². The van der Waals surface area contributed by atoms with Crippen LogP contribution in [-0.4, -0.2) is 25.1 Å². The van der Waals surface area contributed by atoms with Crippen molar-refractivity contribution in [2.45, 2.75) is 38.3 Å². The van der Waals surface area contributed by atoms with Gasteiger partial charge in [0.1, 0.15) is 6.54 Å². The second kappa shape index (κ2) is 6.57. The molecular weight excluding hydrogens is 356 g/mol. The number of nitrogens with one attached hydrogen (secondary N) is 1. The first-order valence-corrected chi connectivity index (χ1v) is 8.62. The van der Waals surface area contributed by atoms with Crippen molar-refractivity contribution >= 4 is 11.6 Å². The van der Waals surface area contributed by atoms with Gasteiger partial charge < -0.3 is 5.32 Å². The average Bonchev–Trinajstić information content (AvgIpc) is 3.43. The first-order chi connectivity index (χ1) is 12.9. The van der Waals surface area contributed by atoms with E-state index in [0.717, 1.165) is 35.4 Å². The van der Waals surface area contributed by atoms with Crippen LogP contribution in [0.15, 0.2) is 35.4 Å². The molecule has 4 rings (SSSR count). The summed E-state index contributed by atoms with van der Waals surface area (Å²) < 4.78 is 28.9. The van der Waals surface area contributed by atoms with Crippen molar-refractivity contribution in [3.05, 3.63) is 64.0 Å².